The monoisotopic (exact) mass is 299 g/mol. The zero-order valence-electron chi connectivity index (χ0n) is 11.6. The molecule has 0 aliphatic carbocycles. The van der Waals surface area contributed by atoms with E-state index in [0.717, 1.165) is 22.8 Å². The van der Waals surface area contributed by atoms with Crippen LogP contribution in [0.3, 0.4) is 0 Å². The molecule has 0 atom stereocenters. The summed E-state index contributed by atoms with van der Waals surface area (Å²) in [4.78, 5) is 15.8. The molecule has 108 valence electrons. The zero-order chi connectivity index (χ0) is 14.8. The third kappa shape index (κ3) is 6.23. The summed E-state index contributed by atoms with van der Waals surface area (Å²) in [5.74, 6) is 0.802. The molecule has 0 saturated carbocycles. The Morgan fingerprint density at radius 3 is 2.76 bits per heavy atom. The van der Waals surface area contributed by atoms with E-state index in [4.69, 9.17) is 0 Å². The number of aromatic nitrogens is 1. The molecular formula is C16H17N3OS. The molecule has 0 fully saturated rings. The topological polar surface area (TPSA) is 54.4 Å². The first-order valence-corrected chi connectivity index (χ1v) is 7.74. The summed E-state index contributed by atoms with van der Waals surface area (Å²) in [6, 6.07) is 15.5. The molecule has 5 heteroatoms. The Morgan fingerprint density at radius 1 is 1.19 bits per heavy atom. The van der Waals surface area contributed by atoms with Crippen LogP contribution in [-0.2, 0) is 4.79 Å². The van der Waals surface area contributed by atoms with Gasteiger partial charge in [-0.3, -0.25) is 4.79 Å². The van der Waals surface area contributed by atoms with Gasteiger partial charge in [0, 0.05) is 12.6 Å². The van der Waals surface area contributed by atoms with Gasteiger partial charge in [0.25, 0.3) is 0 Å². The Labute approximate surface area is 128 Å². The van der Waals surface area contributed by atoms with E-state index < -0.39 is 0 Å². The van der Waals surface area contributed by atoms with Crippen molar-refractivity contribution in [1.29, 1.82) is 0 Å². The van der Waals surface area contributed by atoms with Gasteiger partial charge in [0.2, 0.25) is 5.91 Å². The predicted octanol–water partition coefficient (Wildman–Crippen LogP) is 3.10. The first-order chi connectivity index (χ1) is 10.3. The predicted molar refractivity (Wildman–Crippen MR) is 86.4 cm³/mol. The number of carbonyl (C=O) groups is 1. The minimum Gasteiger partial charge on any atom is -0.273 e. The maximum absolute atomic E-state index is 11.6. The van der Waals surface area contributed by atoms with Crippen LogP contribution in [0, 0.1) is 0 Å². The van der Waals surface area contributed by atoms with Crippen LogP contribution in [0.1, 0.15) is 18.4 Å². The van der Waals surface area contributed by atoms with E-state index in [9.17, 15) is 4.79 Å². The third-order valence-electron chi connectivity index (χ3n) is 2.64. The number of benzene rings is 1. The van der Waals surface area contributed by atoms with Gasteiger partial charge in [-0.05, 0) is 29.9 Å². The van der Waals surface area contributed by atoms with Crippen molar-refractivity contribution < 1.29 is 4.79 Å². The van der Waals surface area contributed by atoms with Gasteiger partial charge < -0.3 is 0 Å². The minimum atomic E-state index is -0.0659. The number of hydrogen-bond acceptors (Lipinski definition) is 4. The lowest BCUT2D eigenvalue weighted by Gasteiger charge is -2.00. The van der Waals surface area contributed by atoms with Crippen LogP contribution in [0.4, 0.5) is 0 Å². The molecule has 0 bridgehead atoms. The number of thioether (sulfide) groups is 1. The fourth-order valence-electron chi connectivity index (χ4n) is 1.62. The molecule has 0 saturated heterocycles. The molecule has 1 N–H and O–H groups in total. The highest BCUT2D eigenvalue weighted by atomic mass is 32.2. The van der Waals surface area contributed by atoms with Gasteiger partial charge in [-0.2, -0.15) is 5.10 Å². The number of carbonyl (C=O) groups excluding carboxylic acids is 1. The average molecular weight is 299 g/mol. The first-order valence-electron chi connectivity index (χ1n) is 6.75. The van der Waals surface area contributed by atoms with Crippen molar-refractivity contribution in [3.05, 3.63) is 60.3 Å². The molecule has 2 rings (SSSR count). The van der Waals surface area contributed by atoms with Crippen LogP contribution in [0.15, 0.2) is 64.9 Å². The molecule has 1 amide bonds. The van der Waals surface area contributed by atoms with Gasteiger partial charge in [-0.25, -0.2) is 10.4 Å². The Balaban J connectivity index is 1.61. The molecule has 0 radical (unpaired) electrons. The molecule has 0 unspecified atom stereocenters. The molecule has 0 aliphatic heterocycles. The number of hydrazone groups is 1. The smallest absolute Gasteiger partial charge is 0.240 e. The summed E-state index contributed by atoms with van der Waals surface area (Å²) in [6.07, 6.45) is 4.67. The average Bonchev–Trinajstić information content (AvgIpc) is 2.54. The standard InChI is InChI=1S/C16H17N3OS/c20-15(19-18-13-14-7-2-1-3-8-14)9-6-12-21-16-10-4-5-11-17-16/h1-5,7-8,10-11,13H,6,9,12H2,(H,19,20)/b18-13-. The molecule has 1 heterocycles. The van der Waals surface area contributed by atoms with Gasteiger partial charge in [0.15, 0.2) is 0 Å². The highest BCUT2D eigenvalue weighted by Crippen LogP contribution is 2.15. The van der Waals surface area contributed by atoms with Gasteiger partial charge in [0.05, 0.1) is 11.2 Å². The minimum absolute atomic E-state index is 0.0659. The fourth-order valence-corrected chi connectivity index (χ4v) is 2.42. The number of pyridine rings is 1. The summed E-state index contributed by atoms with van der Waals surface area (Å²) in [7, 11) is 0. The number of amides is 1. The van der Waals surface area contributed by atoms with Crippen molar-refractivity contribution >= 4 is 23.9 Å². The van der Waals surface area contributed by atoms with E-state index >= 15 is 0 Å². The number of nitrogens with one attached hydrogen (secondary N) is 1. The Hall–Kier alpha value is -2.14. The van der Waals surface area contributed by atoms with E-state index in [1.165, 1.54) is 0 Å². The van der Waals surface area contributed by atoms with Crippen LogP contribution < -0.4 is 5.43 Å². The van der Waals surface area contributed by atoms with Crippen LogP contribution in [0.5, 0.6) is 0 Å². The molecule has 0 aliphatic rings. The molecular weight excluding hydrogens is 282 g/mol. The highest BCUT2D eigenvalue weighted by molar-refractivity contribution is 7.99. The lowest BCUT2D eigenvalue weighted by molar-refractivity contribution is -0.121. The Morgan fingerprint density at radius 2 is 2.00 bits per heavy atom. The molecule has 1 aromatic carbocycles. The summed E-state index contributed by atoms with van der Waals surface area (Å²) >= 11 is 1.65. The third-order valence-corrected chi connectivity index (χ3v) is 3.67. The lowest BCUT2D eigenvalue weighted by atomic mass is 10.2. The number of nitrogens with zero attached hydrogens (tertiary/aromatic N) is 2. The Kier molecular flexibility index (Phi) is 6.48. The second kappa shape index (κ2) is 8.92. The van der Waals surface area contributed by atoms with Gasteiger partial charge >= 0.3 is 0 Å². The van der Waals surface area contributed by atoms with Gasteiger partial charge in [-0.1, -0.05) is 36.4 Å². The second-order valence-electron chi connectivity index (χ2n) is 4.32. The molecule has 0 spiro atoms. The largest absolute Gasteiger partial charge is 0.273 e. The summed E-state index contributed by atoms with van der Waals surface area (Å²) < 4.78 is 0. The van der Waals surface area contributed by atoms with E-state index in [1.807, 2.05) is 48.5 Å². The maximum Gasteiger partial charge on any atom is 0.240 e. The number of rotatable bonds is 7. The van der Waals surface area contributed by atoms with Crippen LogP contribution in [0.2, 0.25) is 0 Å². The quantitative estimate of drug-likeness (QED) is 0.370. The second-order valence-corrected chi connectivity index (χ2v) is 5.44. The fraction of sp³-hybridized carbons (Fsp3) is 0.188. The van der Waals surface area contributed by atoms with Crippen LogP contribution >= 0.6 is 11.8 Å². The highest BCUT2D eigenvalue weighted by Gasteiger charge is 2.00. The van der Waals surface area contributed by atoms with Crippen molar-refractivity contribution in [2.24, 2.45) is 5.10 Å². The van der Waals surface area contributed by atoms with Crippen molar-refractivity contribution in [2.45, 2.75) is 17.9 Å². The van der Waals surface area contributed by atoms with Gasteiger partial charge in [0.1, 0.15) is 0 Å². The SMILES string of the molecule is O=C(CCCSc1ccccn1)N/N=C\c1ccccc1. The van der Waals surface area contributed by atoms with Crippen molar-refractivity contribution in [3.63, 3.8) is 0 Å². The van der Waals surface area contributed by atoms with Crippen molar-refractivity contribution in [2.75, 3.05) is 5.75 Å². The number of hydrogen-bond donors (Lipinski definition) is 1. The Bertz CT molecular complexity index is 573. The molecule has 21 heavy (non-hydrogen) atoms. The lowest BCUT2D eigenvalue weighted by Crippen LogP contribution is -2.17. The molecule has 1 aromatic heterocycles. The normalized spacial score (nSPS) is 10.7. The van der Waals surface area contributed by atoms with Gasteiger partial charge in [-0.15, -0.1) is 11.8 Å². The summed E-state index contributed by atoms with van der Waals surface area (Å²) in [5, 5.41) is 4.92. The van der Waals surface area contributed by atoms with Crippen molar-refractivity contribution in [1.82, 2.24) is 10.4 Å². The first kappa shape index (κ1) is 15.3. The van der Waals surface area contributed by atoms with E-state index in [0.29, 0.717) is 6.42 Å². The van der Waals surface area contributed by atoms with E-state index in [1.54, 1.807) is 24.2 Å². The van der Waals surface area contributed by atoms with Crippen LogP contribution in [-0.4, -0.2) is 22.9 Å². The van der Waals surface area contributed by atoms with E-state index in [-0.39, 0.29) is 5.91 Å². The summed E-state index contributed by atoms with van der Waals surface area (Å²) in [6.45, 7) is 0. The molecule has 2 aromatic rings. The summed E-state index contributed by atoms with van der Waals surface area (Å²) in [5.41, 5.74) is 3.50. The van der Waals surface area contributed by atoms with Crippen LogP contribution in [0.25, 0.3) is 0 Å². The molecule has 4 nitrogen and oxygen atoms in total. The maximum atomic E-state index is 11.6. The van der Waals surface area contributed by atoms with Crippen molar-refractivity contribution in [3.8, 4) is 0 Å². The zero-order valence-corrected chi connectivity index (χ0v) is 12.4. The van der Waals surface area contributed by atoms with E-state index in [2.05, 4.69) is 15.5 Å².